The average molecular weight is 408 g/mol. The summed E-state index contributed by atoms with van der Waals surface area (Å²) in [6.07, 6.45) is 1.96. The third-order valence-electron chi connectivity index (χ3n) is 4.44. The van der Waals surface area contributed by atoms with Crippen LogP contribution in [0.5, 0.6) is 0 Å². The van der Waals surface area contributed by atoms with Gasteiger partial charge in [0, 0.05) is 19.1 Å². The van der Waals surface area contributed by atoms with E-state index in [0.717, 1.165) is 12.8 Å². The van der Waals surface area contributed by atoms with Gasteiger partial charge >= 0.3 is 0 Å². The van der Waals surface area contributed by atoms with E-state index in [4.69, 9.17) is 4.74 Å². The molecule has 1 aliphatic heterocycles. The Morgan fingerprint density at radius 2 is 2.14 bits per heavy atom. The maximum atomic E-state index is 13.8. The van der Waals surface area contributed by atoms with Crippen LogP contribution in [0.1, 0.15) is 26.7 Å². The van der Waals surface area contributed by atoms with Crippen molar-refractivity contribution >= 4 is 23.6 Å². The summed E-state index contributed by atoms with van der Waals surface area (Å²) in [4.78, 5) is 14.3. The number of aromatic nitrogens is 3. The van der Waals surface area contributed by atoms with Gasteiger partial charge < -0.3 is 15.0 Å². The number of amides is 1. The van der Waals surface area contributed by atoms with Crippen LogP contribution in [0.25, 0.3) is 5.69 Å². The van der Waals surface area contributed by atoms with Gasteiger partial charge in [-0.2, -0.15) is 0 Å². The zero-order chi connectivity index (χ0) is 19.9. The number of nitrogens with zero attached hydrogens (tertiary/aromatic N) is 4. The Balaban J connectivity index is 1.80. The van der Waals surface area contributed by atoms with E-state index in [0.29, 0.717) is 43.1 Å². The van der Waals surface area contributed by atoms with Crippen LogP contribution in [0.3, 0.4) is 0 Å². The third kappa shape index (κ3) is 5.23. The molecule has 9 heteroatoms. The monoisotopic (exact) mass is 407 g/mol. The van der Waals surface area contributed by atoms with Crippen molar-refractivity contribution < 1.29 is 13.9 Å². The van der Waals surface area contributed by atoms with Crippen LogP contribution in [0.2, 0.25) is 0 Å². The number of anilines is 1. The molecule has 0 bridgehead atoms. The lowest BCUT2D eigenvalue weighted by Crippen LogP contribution is -2.38. The molecule has 0 unspecified atom stereocenters. The van der Waals surface area contributed by atoms with E-state index in [1.807, 2.05) is 17.6 Å². The molecule has 152 valence electrons. The highest BCUT2D eigenvalue weighted by Crippen LogP contribution is 2.27. The third-order valence-corrected chi connectivity index (χ3v) is 5.37. The van der Waals surface area contributed by atoms with Crippen molar-refractivity contribution in [3.05, 3.63) is 30.1 Å². The van der Waals surface area contributed by atoms with Crippen molar-refractivity contribution in [3.63, 3.8) is 0 Å². The number of rotatable bonds is 8. The van der Waals surface area contributed by atoms with Crippen molar-refractivity contribution in [2.45, 2.75) is 37.9 Å². The van der Waals surface area contributed by atoms with Gasteiger partial charge in [-0.1, -0.05) is 31.2 Å². The second kappa shape index (κ2) is 9.88. The number of carbonyl (C=O) groups is 1. The minimum atomic E-state index is -0.332. The molecule has 1 aromatic heterocycles. The molecule has 0 spiro atoms. The van der Waals surface area contributed by atoms with E-state index in [1.165, 1.54) is 23.9 Å². The van der Waals surface area contributed by atoms with Crippen LogP contribution >= 0.6 is 11.8 Å². The minimum Gasteiger partial charge on any atom is -0.378 e. The molecule has 1 aromatic carbocycles. The Labute approximate surface area is 168 Å². The summed E-state index contributed by atoms with van der Waals surface area (Å²) in [5.74, 6) is 0.481. The molecule has 2 heterocycles. The first kappa shape index (κ1) is 20.6. The second-order valence-corrected chi connectivity index (χ2v) is 7.69. The van der Waals surface area contributed by atoms with Gasteiger partial charge in [0.15, 0.2) is 5.16 Å². The molecule has 1 saturated heterocycles. The highest BCUT2D eigenvalue weighted by Gasteiger charge is 2.22. The number of hydrogen-bond donors (Lipinski definition) is 1. The summed E-state index contributed by atoms with van der Waals surface area (Å²) >= 11 is 1.30. The maximum Gasteiger partial charge on any atom is 0.232 e. The maximum absolute atomic E-state index is 13.8. The molecular formula is C19H26FN5O2S. The lowest BCUT2D eigenvalue weighted by molar-refractivity contribution is -0.119. The average Bonchev–Trinajstić information content (AvgIpc) is 3.11. The number of benzene rings is 1. The van der Waals surface area contributed by atoms with Gasteiger partial charge in [0.25, 0.3) is 0 Å². The zero-order valence-electron chi connectivity index (χ0n) is 16.2. The van der Waals surface area contributed by atoms with E-state index in [-0.39, 0.29) is 23.5 Å². The molecule has 1 fully saturated rings. The quantitative estimate of drug-likeness (QED) is 0.679. The van der Waals surface area contributed by atoms with Gasteiger partial charge in [0.1, 0.15) is 5.82 Å². The molecule has 0 radical (unpaired) electrons. The minimum absolute atomic E-state index is 0.0485. The predicted molar refractivity (Wildman–Crippen MR) is 108 cm³/mol. The number of morpholine rings is 1. The summed E-state index contributed by atoms with van der Waals surface area (Å²) in [6, 6.07) is 6.45. The van der Waals surface area contributed by atoms with Crippen LogP contribution < -0.4 is 10.2 Å². The summed E-state index contributed by atoms with van der Waals surface area (Å²) in [6.45, 7) is 6.68. The lowest BCUT2D eigenvalue weighted by atomic mass is 10.2. The molecule has 28 heavy (non-hydrogen) atoms. The van der Waals surface area contributed by atoms with Gasteiger partial charge in [0.2, 0.25) is 11.9 Å². The molecule has 1 N–H and O–H groups in total. The van der Waals surface area contributed by atoms with E-state index in [1.54, 1.807) is 6.07 Å². The fourth-order valence-corrected chi connectivity index (χ4v) is 3.88. The van der Waals surface area contributed by atoms with Crippen LogP contribution in [0.15, 0.2) is 29.4 Å². The van der Waals surface area contributed by atoms with E-state index in [9.17, 15) is 9.18 Å². The highest BCUT2D eigenvalue weighted by molar-refractivity contribution is 7.99. The first-order valence-electron chi connectivity index (χ1n) is 9.54. The molecule has 1 amide bonds. The van der Waals surface area contributed by atoms with E-state index < -0.39 is 0 Å². The number of ether oxygens (including phenoxy) is 1. The molecule has 0 aliphatic carbocycles. The van der Waals surface area contributed by atoms with Crippen molar-refractivity contribution in [2.75, 3.05) is 37.0 Å². The number of hydrogen-bond acceptors (Lipinski definition) is 6. The van der Waals surface area contributed by atoms with Crippen molar-refractivity contribution in [2.24, 2.45) is 0 Å². The lowest BCUT2D eigenvalue weighted by Gasteiger charge is -2.27. The Morgan fingerprint density at radius 1 is 1.36 bits per heavy atom. The van der Waals surface area contributed by atoms with Crippen molar-refractivity contribution in [3.8, 4) is 5.69 Å². The number of carbonyl (C=O) groups excluding carboxylic acids is 1. The van der Waals surface area contributed by atoms with Crippen molar-refractivity contribution in [1.29, 1.82) is 0 Å². The largest absolute Gasteiger partial charge is 0.378 e. The first-order chi connectivity index (χ1) is 13.6. The summed E-state index contributed by atoms with van der Waals surface area (Å²) in [5.41, 5.74) is 0.633. The van der Waals surface area contributed by atoms with Crippen LogP contribution in [0.4, 0.5) is 10.3 Å². The van der Waals surface area contributed by atoms with Gasteiger partial charge in [0.05, 0.1) is 24.7 Å². The van der Waals surface area contributed by atoms with Crippen LogP contribution in [-0.2, 0) is 9.53 Å². The highest BCUT2D eigenvalue weighted by atomic mass is 32.2. The van der Waals surface area contributed by atoms with Crippen LogP contribution in [0, 0.1) is 5.82 Å². The van der Waals surface area contributed by atoms with Crippen molar-refractivity contribution in [1.82, 2.24) is 20.1 Å². The smallest absolute Gasteiger partial charge is 0.232 e. The number of nitrogens with one attached hydrogen (secondary N) is 1. The molecule has 1 aliphatic rings. The van der Waals surface area contributed by atoms with Gasteiger partial charge in [-0.3, -0.25) is 9.36 Å². The number of thioether (sulfide) groups is 1. The van der Waals surface area contributed by atoms with Gasteiger partial charge in [-0.25, -0.2) is 4.39 Å². The standard InChI is InChI=1S/C19H26FN5O2S/c1-3-5-14(2)21-17(26)13-28-19-23-22-18(24-8-10-27-11-9-24)25(19)16-7-4-6-15(20)12-16/h4,6-7,12,14H,3,5,8-11,13H2,1-2H3,(H,21,26)/t14-/m1/s1. The topological polar surface area (TPSA) is 72.3 Å². The molecule has 2 aromatic rings. The molecule has 0 saturated carbocycles. The van der Waals surface area contributed by atoms with Gasteiger partial charge in [-0.15, -0.1) is 10.2 Å². The Hall–Kier alpha value is -2.13. The number of halogens is 1. The summed E-state index contributed by atoms with van der Waals surface area (Å²) in [7, 11) is 0. The fraction of sp³-hybridized carbons (Fsp3) is 0.526. The summed E-state index contributed by atoms with van der Waals surface area (Å²) in [5, 5.41) is 12.1. The second-order valence-electron chi connectivity index (χ2n) is 6.74. The van der Waals surface area contributed by atoms with E-state index >= 15 is 0 Å². The van der Waals surface area contributed by atoms with E-state index in [2.05, 4.69) is 27.3 Å². The molecule has 3 rings (SSSR count). The first-order valence-corrected chi connectivity index (χ1v) is 10.5. The van der Waals surface area contributed by atoms with Crippen LogP contribution in [-0.4, -0.2) is 58.8 Å². The van der Waals surface area contributed by atoms with Gasteiger partial charge in [-0.05, 0) is 31.5 Å². The molecule has 7 nitrogen and oxygen atoms in total. The SMILES string of the molecule is CCC[C@@H](C)NC(=O)CSc1nnc(N2CCOCC2)n1-c1cccc(F)c1. The molecule has 1 atom stereocenters. The zero-order valence-corrected chi connectivity index (χ0v) is 17.0. The Kier molecular flexibility index (Phi) is 7.27. The Bertz CT molecular complexity index is 794. The fourth-order valence-electron chi connectivity index (χ4n) is 3.12. The Morgan fingerprint density at radius 3 is 2.86 bits per heavy atom. The summed E-state index contributed by atoms with van der Waals surface area (Å²) < 4.78 is 21.1. The molecular weight excluding hydrogens is 381 g/mol. The predicted octanol–water partition coefficient (Wildman–Crippen LogP) is 2.64. The normalized spacial score (nSPS) is 15.5.